The monoisotopic (exact) mass is 550 g/mol. The van der Waals surface area contributed by atoms with Gasteiger partial charge in [-0.1, -0.05) is 144 Å². The second kappa shape index (κ2) is 22.1. The summed E-state index contributed by atoms with van der Waals surface area (Å²) >= 11 is 0. The topological polar surface area (TPSA) is 0 Å². The number of aryl methyl sites for hydroxylation is 2. The molecule has 0 aliphatic heterocycles. The van der Waals surface area contributed by atoms with Crippen LogP contribution in [0.25, 0.3) is 0 Å². The van der Waals surface area contributed by atoms with Gasteiger partial charge in [-0.05, 0) is 23.7 Å². The molecule has 2 rings (SSSR count). The SMILES string of the molecule is CC(C)(C)CCCCCCCCCc1ccc[cH-]1.CC(C)(C)CCCCCCCCCc1ccc[cH-]1.[Fe+2]. The maximum absolute atomic E-state index is 2.34. The van der Waals surface area contributed by atoms with Crippen LogP contribution >= 0.6 is 0 Å². The molecule has 214 valence electrons. The molecule has 0 heterocycles. The molecule has 0 aliphatic rings. The average molecular weight is 551 g/mol. The van der Waals surface area contributed by atoms with Gasteiger partial charge in [-0.25, -0.2) is 24.3 Å². The predicted octanol–water partition coefficient (Wildman–Crippen LogP) is 12.2. The van der Waals surface area contributed by atoms with Crippen LogP contribution in [0, 0.1) is 10.8 Å². The number of hydrogen-bond donors (Lipinski definition) is 0. The Morgan fingerprint density at radius 1 is 0.459 bits per heavy atom. The largest absolute Gasteiger partial charge is 2.00 e. The fraction of sp³-hybridized carbons (Fsp3) is 0.722. The van der Waals surface area contributed by atoms with E-state index in [2.05, 4.69) is 90.1 Å². The molecule has 37 heavy (non-hydrogen) atoms. The molecule has 0 saturated carbocycles. The van der Waals surface area contributed by atoms with Crippen LogP contribution in [0.15, 0.2) is 48.5 Å². The minimum Gasteiger partial charge on any atom is -0.213 e. The van der Waals surface area contributed by atoms with Crippen molar-refractivity contribution in [2.24, 2.45) is 10.8 Å². The summed E-state index contributed by atoms with van der Waals surface area (Å²) < 4.78 is 0. The summed E-state index contributed by atoms with van der Waals surface area (Å²) in [4.78, 5) is 0. The second-order valence-electron chi connectivity index (χ2n) is 13.7. The van der Waals surface area contributed by atoms with Gasteiger partial charge in [-0.3, -0.25) is 0 Å². The minimum atomic E-state index is 0. The first kappa shape index (κ1) is 36.2. The maximum Gasteiger partial charge on any atom is 2.00 e. The van der Waals surface area contributed by atoms with Gasteiger partial charge in [-0.2, -0.15) is 35.4 Å². The molecule has 0 aliphatic carbocycles. The van der Waals surface area contributed by atoms with E-state index in [1.165, 1.54) is 127 Å². The van der Waals surface area contributed by atoms with Crippen LogP contribution in [0.2, 0.25) is 0 Å². The molecule has 0 fully saturated rings. The molecular weight excluding hydrogens is 488 g/mol. The summed E-state index contributed by atoms with van der Waals surface area (Å²) in [5.41, 5.74) is 4.08. The van der Waals surface area contributed by atoms with Crippen LogP contribution in [0.3, 0.4) is 0 Å². The van der Waals surface area contributed by atoms with Gasteiger partial charge < -0.3 is 0 Å². The molecule has 0 unspecified atom stereocenters. The van der Waals surface area contributed by atoms with Crippen molar-refractivity contribution in [3.8, 4) is 0 Å². The Balaban J connectivity index is 0.000000682. The summed E-state index contributed by atoms with van der Waals surface area (Å²) in [5.74, 6) is 0. The molecule has 2 aromatic rings. The quantitative estimate of drug-likeness (QED) is 0.0983. The van der Waals surface area contributed by atoms with Crippen LogP contribution in [-0.2, 0) is 29.9 Å². The smallest absolute Gasteiger partial charge is 0.213 e. The maximum atomic E-state index is 2.34. The minimum absolute atomic E-state index is 0. The van der Waals surface area contributed by atoms with Crippen molar-refractivity contribution in [3.05, 3.63) is 59.7 Å². The average Bonchev–Trinajstić information content (AvgIpc) is 3.50. The standard InChI is InChI=1S/2C18H31.Fe/c2*1-18(2,3)16-12-8-6-4-5-7-9-13-17-14-10-11-15-17;/h2*10-11,14-15H,4-9,12-13,16H2,1-3H3;/q2*-1;+2. The molecule has 0 N–H and O–H groups in total. The van der Waals surface area contributed by atoms with E-state index in [0.717, 1.165) is 0 Å². The van der Waals surface area contributed by atoms with E-state index in [1.807, 2.05) is 0 Å². The van der Waals surface area contributed by atoms with Gasteiger partial charge in [0.15, 0.2) is 0 Å². The summed E-state index contributed by atoms with van der Waals surface area (Å²) in [6, 6.07) is 17.5. The first-order valence-corrected chi connectivity index (χ1v) is 15.6. The summed E-state index contributed by atoms with van der Waals surface area (Å²) in [5, 5.41) is 0. The van der Waals surface area contributed by atoms with Gasteiger partial charge >= 0.3 is 17.1 Å². The zero-order valence-electron chi connectivity index (χ0n) is 25.7. The number of hydrogen-bond acceptors (Lipinski definition) is 0. The molecule has 0 spiro atoms. The second-order valence-corrected chi connectivity index (χ2v) is 13.7. The molecule has 0 saturated heterocycles. The molecule has 0 radical (unpaired) electrons. The Morgan fingerprint density at radius 2 is 0.757 bits per heavy atom. The van der Waals surface area contributed by atoms with Crippen molar-refractivity contribution in [2.75, 3.05) is 0 Å². The Kier molecular flexibility index (Phi) is 21.6. The Morgan fingerprint density at radius 3 is 1.03 bits per heavy atom. The fourth-order valence-electron chi connectivity index (χ4n) is 4.90. The van der Waals surface area contributed by atoms with Crippen molar-refractivity contribution < 1.29 is 17.1 Å². The van der Waals surface area contributed by atoms with Crippen molar-refractivity contribution in [2.45, 2.75) is 157 Å². The zero-order chi connectivity index (χ0) is 26.5. The van der Waals surface area contributed by atoms with Gasteiger partial charge in [-0.15, -0.1) is 0 Å². The van der Waals surface area contributed by atoms with Gasteiger partial charge in [0.25, 0.3) is 0 Å². The molecule has 0 atom stereocenters. The van der Waals surface area contributed by atoms with Gasteiger partial charge in [0, 0.05) is 0 Å². The number of unbranched alkanes of at least 4 members (excludes halogenated alkanes) is 12. The Bertz CT molecular complexity index is 616. The predicted molar refractivity (Wildman–Crippen MR) is 164 cm³/mol. The van der Waals surface area contributed by atoms with Crippen LogP contribution < -0.4 is 0 Å². The van der Waals surface area contributed by atoms with E-state index in [1.54, 1.807) is 0 Å². The van der Waals surface area contributed by atoms with Crippen molar-refractivity contribution in [1.29, 1.82) is 0 Å². The summed E-state index contributed by atoms with van der Waals surface area (Å²) in [6.07, 6.45) is 25.1. The first-order valence-electron chi connectivity index (χ1n) is 15.6. The van der Waals surface area contributed by atoms with E-state index in [0.29, 0.717) is 10.8 Å². The summed E-state index contributed by atoms with van der Waals surface area (Å²) in [6.45, 7) is 14.1. The molecular formula is C36H62Fe. The Hall–Kier alpha value is -0.781. The molecule has 0 amide bonds. The van der Waals surface area contributed by atoms with Crippen LogP contribution in [0.4, 0.5) is 0 Å². The molecule has 1 heteroatoms. The van der Waals surface area contributed by atoms with Gasteiger partial charge in [0.2, 0.25) is 0 Å². The fourth-order valence-corrected chi connectivity index (χ4v) is 4.90. The van der Waals surface area contributed by atoms with Crippen molar-refractivity contribution >= 4 is 0 Å². The third-order valence-corrected chi connectivity index (χ3v) is 7.25. The van der Waals surface area contributed by atoms with E-state index in [-0.39, 0.29) is 17.1 Å². The molecule has 0 nitrogen and oxygen atoms in total. The third kappa shape index (κ3) is 25.3. The molecule has 0 aromatic heterocycles. The first-order chi connectivity index (χ1) is 17.2. The van der Waals surface area contributed by atoms with Gasteiger partial charge in [0.05, 0.1) is 0 Å². The van der Waals surface area contributed by atoms with E-state index < -0.39 is 0 Å². The van der Waals surface area contributed by atoms with E-state index in [4.69, 9.17) is 0 Å². The van der Waals surface area contributed by atoms with Gasteiger partial charge in [0.1, 0.15) is 0 Å². The van der Waals surface area contributed by atoms with Crippen LogP contribution in [0.1, 0.15) is 155 Å². The summed E-state index contributed by atoms with van der Waals surface area (Å²) in [7, 11) is 0. The normalized spacial score (nSPS) is 11.6. The van der Waals surface area contributed by atoms with Crippen molar-refractivity contribution in [1.82, 2.24) is 0 Å². The molecule has 0 bridgehead atoms. The third-order valence-electron chi connectivity index (χ3n) is 7.25. The number of rotatable bonds is 18. The zero-order valence-corrected chi connectivity index (χ0v) is 26.8. The van der Waals surface area contributed by atoms with Crippen molar-refractivity contribution in [3.63, 3.8) is 0 Å². The molecule has 2 aromatic carbocycles. The van der Waals surface area contributed by atoms with Crippen LogP contribution in [-0.4, -0.2) is 0 Å². The van der Waals surface area contributed by atoms with Crippen LogP contribution in [0.5, 0.6) is 0 Å². The van der Waals surface area contributed by atoms with E-state index in [9.17, 15) is 0 Å². The van der Waals surface area contributed by atoms with E-state index >= 15 is 0 Å². The Labute approximate surface area is 244 Å².